The first-order valence-corrected chi connectivity index (χ1v) is 3.62. The van der Waals surface area contributed by atoms with Gasteiger partial charge < -0.3 is 5.11 Å². The molecule has 0 aliphatic rings. The van der Waals surface area contributed by atoms with Crippen molar-refractivity contribution < 1.29 is 24.0 Å². The molecule has 0 atom stereocenters. The average molecular weight is 205 g/mol. The molecule has 0 saturated carbocycles. The third kappa shape index (κ3) is 2.74. The molecule has 11 heavy (non-hydrogen) atoms. The van der Waals surface area contributed by atoms with Gasteiger partial charge in [0.1, 0.15) is 0 Å². The van der Waals surface area contributed by atoms with Crippen LogP contribution in [0.2, 0.25) is 0 Å². The molecule has 52 valence electrons. The predicted octanol–water partition coefficient (Wildman–Crippen LogP) is -1.22. The van der Waals surface area contributed by atoms with Crippen molar-refractivity contribution in [2.24, 2.45) is 0 Å². The van der Waals surface area contributed by atoms with Crippen LogP contribution in [0.4, 0.5) is 0 Å². The standard InChI is InChI=1S/C8H7BrO.Li/c1-6(10)7-4-2-3-5-8(7)9;/h2-5,10H,1H2;/q;+1/p-1. The van der Waals surface area contributed by atoms with Crippen LogP contribution in [-0.2, 0) is 0 Å². The van der Waals surface area contributed by atoms with Crippen LogP contribution in [0, 0.1) is 0 Å². The van der Waals surface area contributed by atoms with Crippen molar-refractivity contribution in [1.82, 2.24) is 0 Å². The summed E-state index contributed by atoms with van der Waals surface area (Å²) in [5.41, 5.74) is 0.627. The zero-order valence-electron chi connectivity index (χ0n) is 6.30. The van der Waals surface area contributed by atoms with Crippen LogP contribution in [0.25, 0.3) is 5.76 Å². The van der Waals surface area contributed by atoms with E-state index in [2.05, 4.69) is 22.5 Å². The van der Waals surface area contributed by atoms with Gasteiger partial charge in [0.05, 0.1) is 0 Å². The van der Waals surface area contributed by atoms with E-state index in [9.17, 15) is 5.11 Å². The van der Waals surface area contributed by atoms with Gasteiger partial charge in [-0.2, -0.15) is 0 Å². The van der Waals surface area contributed by atoms with Crippen molar-refractivity contribution in [1.29, 1.82) is 0 Å². The summed E-state index contributed by atoms with van der Waals surface area (Å²) < 4.78 is 0.801. The molecular weight excluding hydrogens is 199 g/mol. The summed E-state index contributed by atoms with van der Waals surface area (Å²) in [6.07, 6.45) is 0. The normalized spacial score (nSPS) is 8.45. The molecule has 0 bridgehead atoms. The maximum Gasteiger partial charge on any atom is 1.00 e. The summed E-state index contributed by atoms with van der Waals surface area (Å²) in [6.45, 7) is 3.30. The van der Waals surface area contributed by atoms with Crippen molar-refractivity contribution in [3.8, 4) is 0 Å². The van der Waals surface area contributed by atoms with Crippen LogP contribution < -0.4 is 24.0 Å². The maximum absolute atomic E-state index is 10.7. The predicted molar refractivity (Wildman–Crippen MR) is 43.2 cm³/mol. The van der Waals surface area contributed by atoms with Gasteiger partial charge in [0.15, 0.2) is 0 Å². The molecule has 0 fully saturated rings. The second-order valence-corrected chi connectivity index (χ2v) is 2.76. The van der Waals surface area contributed by atoms with E-state index in [0.717, 1.165) is 4.47 Å². The molecule has 0 unspecified atom stereocenters. The maximum atomic E-state index is 10.7. The van der Waals surface area contributed by atoms with Crippen LogP contribution in [0.15, 0.2) is 35.3 Å². The number of rotatable bonds is 1. The van der Waals surface area contributed by atoms with E-state index in [0.29, 0.717) is 5.56 Å². The molecule has 0 spiro atoms. The van der Waals surface area contributed by atoms with Gasteiger partial charge in [0.25, 0.3) is 0 Å². The van der Waals surface area contributed by atoms with E-state index in [4.69, 9.17) is 0 Å². The first-order chi connectivity index (χ1) is 4.72. The molecule has 1 nitrogen and oxygen atoms in total. The van der Waals surface area contributed by atoms with Crippen molar-refractivity contribution in [3.05, 3.63) is 40.9 Å². The zero-order chi connectivity index (χ0) is 7.56. The van der Waals surface area contributed by atoms with Gasteiger partial charge in [-0.25, -0.2) is 0 Å². The topological polar surface area (TPSA) is 23.1 Å². The molecule has 1 rings (SSSR count). The summed E-state index contributed by atoms with van der Waals surface area (Å²) in [5.74, 6) is -0.160. The minimum absolute atomic E-state index is 0. The molecule has 0 aromatic heterocycles. The summed E-state index contributed by atoms with van der Waals surface area (Å²) >= 11 is 3.24. The van der Waals surface area contributed by atoms with Crippen LogP contribution in [0.1, 0.15) is 5.56 Å². The van der Waals surface area contributed by atoms with Gasteiger partial charge >= 0.3 is 18.9 Å². The second-order valence-electron chi connectivity index (χ2n) is 1.90. The van der Waals surface area contributed by atoms with Gasteiger partial charge in [0, 0.05) is 4.47 Å². The van der Waals surface area contributed by atoms with E-state index in [1.54, 1.807) is 6.07 Å². The molecule has 1 aromatic rings. The van der Waals surface area contributed by atoms with E-state index >= 15 is 0 Å². The molecule has 0 heterocycles. The van der Waals surface area contributed by atoms with Gasteiger partial charge in [-0.15, -0.1) is 12.3 Å². The molecule has 0 N–H and O–H groups in total. The van der Waals surface area contributed by atoms with Crippen LogP contribution in [-0.4, -0.2) is 0 Å². The Morgan fingerprint density at radius 1 is 1.36 bits per heavy atom. The monoisotopic (exact) mass is 204 g/mol. The van der Waals surface area contributed by atoms with Gasteiger partial charge in [-0.1, -0.05) is 34.1 Å². The molecule has 0 aliphatic heterocycles. The largest absolute Gasteiger partial charge is 1.00 e. The molecule has 0 radical (unpaired) electrons. The third-order valence-electron chi connectivity index (χ3n) is 1.17. The third-order valence-corrected chi connectivity index (χ3v) is 1.87. The number of hydrogen-bond donors (Lipinski definition) is 0. The summed E-state index contributed by atoms with van der Waals surface area (Å²) in [6, 6.07) is 7.22. The fourth-order valence-corrected chi connectivity index (χ4v) is 1.19. The Morgan fingerprint density at radius 2 is 1.91 bits per heavy atom. The average Bonchev–Trinajstić information content (AvgIpc) is 1.88. The van der Waals surface area contributed by atoms with Crippen LogP contribution in [0.3, 0.4) is 0 Å². The molecule has 3 heteroatoms. The zero-order valence-corrected chi connectivity index (χ0v) is 7.89. The minimum atomic E-state index is -0.160. The Labute approximate surface area is 86.4 Å². The molecule has 0 amide bonds. The number of halogens is 1. The Kier molecular flexibility index (Phi) is 4.59. The van der Waals surface area contributed by atoms with Gasteiger partial charge in [-0.3, -0.25) is 0 Å². The Balaban J connectivity index is 0.000001000. The summed E-state index contributed by atoms with van der Waals surface area (Å²) in [7, 11) is 0. The van der Waals surface area contributed by atoms with E-state index in [1.807, 2.05) is 18.2 Å². The Bertz CT molecular complexity index is 260. The van der Waals surface area contributed by atoms with E-state index in [1.165, 1.54) is 0 Å². The minimum Gasteiger partial charge on any atom is -0.872 e. The second kappa shape index (κ2) is 4.66. The Morgan fingerprint density at radius 3 is 2.27 bits per heavy atom. The fraction of sp³-hybridized carbons (Fsp3) is 0. The van der Waals surface area contributed by atoms with E-state index in [-0.39, 0.29) is 24.6 Å². The molecule has 0 aliphatic carbocycles. The summed E-state index contributed by atoms with van der Waals surface area (Å²) in [4.78, 5) is 0. The van der Waals surface area contributed by atoms with Crippen molar-refractivity contribution in [2.75, 3.05) is 0 Å². The first kappa shape index (κ1) is 10.8. The van der Waals surface area contributed by atoms with Crippen molar-refractivity contribution in [3.63, 3.8) is 0 Å². The number of benzene rings is 1. The van der Waals surface area contributed by atoms with Crippen molar-refractivity contribution in [2.45, 2.75) is 0 Å². The molecule has 1 aromatic carbocycles. The van der Waals surface area contributed by atoms with Crippen LogP contribution in [0.5, 0.6) is 0 Å². The van der Waals surface area contributed by atoms with Crippen molar-refractivity contribution >= 4 is 21.7 Å². The number of hydrogen-bond acceptors (Lipinski definition) is 1. The smallest absolute Gasteiger partial charge is 0.872 e. The molecule has 0 saturated heterocycles. The van der Waals surface area contributed by atoms with Crippen LogP contribution >= 0.6 is 15.9 Å². The Hall–Kier alpha value is -0.163. The first-order valence-electron chi connectivity index (χ1n) is 2.82. The fourth-order valence-electron chi connectivity index (χ4n) is 0.687. The van der Waals surface area contributed by atoms with Gasteiger partial charge in [0.2, 0.25) is 0 Å². The van der Waals surface area contributed by atoms with E-state index < -0.39 is 0 Å². The van der Waals surface area contributed by atoms with Gasteiger partial charge in [-0.05, 0) is 11.6 Å². The SMILES string of the molecule is C=C([O-])c1ccccc1Br.[Li+]. The quantitative estimate of drug-likeness (QED) is 0.416. The molecular formula is C8H6BrLiO. The summed E-state index contributed by atoms with van der Waals surface area (Å²) in [5, 5.41) is 10.7.